The highest BCUT2D eigenvalue weighted by Crippen LogP contribution is 2.26. The van der Waals surface area contributed by atoms with Crippen molar-refractivity contribution in [2.45, 2.75) is 45.4 Å². The van der Waals surface area contributed by atoms with E-state index < -0.39 is 0 Å². The molecule has 0 aliphatic carbocycles. The molecule has 0 saturated carbocycles. The van der Waals surface area contributed by atoms with E-state index in [0.29, 0.717) is 5.75 Å². The van der Waals surface area contributed by atoms with Crippen molar-refractivity contribution < 1.29 is 5.11 Å². The van der Waals surface area contributed by atoms with Crippen molar-refractivity contribution in [3.05, 3.63) is 72.6 Å². The van der Waals surface area contributed by atoms with Crippen LogP contribution in [-0.2, 0) is 6.42 Å². The molecule has 2 nitrogen and oxygen atoms in total. The molecule has 1 aromatic heterocycles. The normalized spacial score (nSPS) is 10.8. The van der Waals surface area contributed by atoms with E-state index >= 15 is 0 Å². The summed E-state index contributed by atoms with van der Waals surface area (Å²) in [4.78, 5) is 4.64. The molecule has 26 heavy (non-hydrogen) atoms. The molecule has 3 rings (SSSR count). The van der Waals surface area contributed by atoms with Gasteiger partial charge in [-0.3, -0.25) is 4.98 Å². The number of aromatic hydroxyl groups is 1. The summed E-state index contributed by atoms with van der Waals surface area (Å²) in [7, 11) is 0. The number of phenols is 1. The van der Waals surface area contributed by atoms with Crippen LogP contribution in [0.3, 0.4) is 0 Å². The lowest BCUT2D eigenvalue weighted by molar-refractivity contribution is 0.475. The van der Waals surface area contributed by atoms with Crippen LogP contribution in [0.1, 0.15) is 44.7 Å². The highest BCUT2D eigenvalue weighted by atomic mass is 16.3. The van der Waals surface area contributed by atoms with Gasteiger partial charge in [-0.25, -0.2) is 0 Å². The predicted octanol–water partition coefficient (Wildman–Crippen LogP) is 6.63. The average molecular weight is 345 g/mol. The van der Waals surface area contributed by atoms with E-state index in [2.05, 4.69) is 48.3 Å². The minimum Gasteiger partial charge on any atom is -0.508 e. The van der Waals surface area contributed by atoms with Gasteiger partial charge in [-0.2, -0.15) is 0 Å². The number of rotatable bonds is 8. The highest BCUT2D eigenvalue weighted by Gasteiger charge is 2.02. The minimum absolute atomic E-state index is 0.293. The molecule has 0 amide bonds. The molecular weight excluding hydrogens is 318 g/mol. The molecule has 0 atom stereocenters. The Hall–Kier alpha value is -2.61. The third kappa shape index (κ3) is 4.95. The van der Waals surface area contributed by atoms with Crippen molar-refractivity contribution in [1.29, 1.82) is 0 Å². The smallest absolute Gasteiger partial charge is 0.115 e. The van der Waals surface area contributed by atoms with Gasteiger partial charge in [0.1, 0.15) is 5.75 Å². The zero-order valence-corrected chi connectivity index (χ0v) is 15.5. The molecule has 2 heteroatoms. The number of phenolic OH excluding ortho intramolecular Hbond substituents is 1. The van der Waals surface area contributed by atoms with Crippen LogP contribution < -0.4 is 0 Å². The number of pyridine rings is 1. The third-order valence-electron chi connectivity index (χ3n) is 4.78. The topological polar surface area (TPSA) is 33.1 Å². The lowest BCUT2D eigenvalue weighted by Crippen LogP contribution is -1.91. The number of aromatic nitrogens is 1. The van der Waals surface area contributed by atoms with Crippen LogP contribution in [0.25, 0.3) is 22.3 Å². The van der Waals surface area contributed by atoms with E-state index in [9.17, 15) is 5.11 Å². The van der Waals surface area contributed by atoms with Gasteiger partial charge in [0.05, 0.1) is 0 Å². The first-order valence-corrected chi connectivity index (χ1v) is 9.61. The van der Waals surface area contributed by atoms with Gasteiger partial charge in [-0.15, -0.1) is 0 Å². The lowest BCUT2D eigenvalue weighted by Gasteiger charge is -2.06. The Labute approximate surface area is 156 Å². The van der Waals surface area contributed by atoms with E-state index in [1.165, 1.54) is 43.4 Å². The minimum atomic E-state index is 0.293. The molecule has 2 aromatic carbocycles. The van der Waals surface area contributed by atoms with E-state index in [1.54, 1.807) is 12.1 Å². The highest BCUT2D eigenvalue weighted by molar-refractivity contribution is 5.70. The largest absolute Gasteiger partial charge is 0.508 e. The summed E-state index contributed by atoms with van der Waals surface area (Å²) in [5, 5.41) is 9.40. The number of unbranched alkanes of at least 4 members (excludes halogenated alkanes) is 4. The molecule has 0 radical (unpaired) electrons. The number of hydrogen-bond acceptors (Lipinski definition) is 2. The molecule has 0 bridgehead atoms. The van der Waals surface area contributed by atoms with Crippen molar-refractivity contribution in [2.75, 3.05) is 0 Å². The predicted molar refractivity (Wildman–Crippen MR) is 109 cm³/mol. The van der Waals surface area contributed by atoms with Crippen LogP contribution in [0, 0.1) is 0 Å². The fourth-order valence-corrected chi connectivity index (χ4v) is 3.16. The third-order valence-corrected chi connectivity index (χ3v) is 4.78. The van der Waals surface area contributed by atoms with Crippen LogP contribution in [0.5, 0.6) is 5.75 Å². The summed E-state index contributed by atoms with van der Waals surface area (Å²) in [5.74, 6) is 0.293. The monoisotopic (exact) mass is 345 g/mol. The summed E-state index contributed by atoms with van der Waals surface area (Å²) in [6, 6.07) is 20.1. The second-order valence-corrected chi connectivity index (χ2v) is 6.83. The van der Waals surface area contributed by atoms with E-state index in [4.69, 9.17) is 0 Å². The number of hydrogen-bond donors (Lipinski definition) is 1. The Kier molecular flexibility index (Phi) is 6.43. The molecule has 3 aromatic rings. The molecule has 0 aliphatic heterocycles. The second-order valence-electron chi connectivity index (χ2n) is 6.83. The van der Waals surface area contributed by atoms with Crippen molar-refractivity contribution in [3.8, 4) is 28.0 Å². The van der Waals surface area contributed by atoms with Crippen LogP contribution in [0.15, 0.2) is 66.9 Å². The fraction of sp³-hybridized carbons (Fsp3) is 0.292. The summed E-state index contributed by atoms with van der Waals surface area (Å²) >= 11 is 0. The number of nitrogens with zero attached hydrogens (tertiary/aromatic N) is 1. The molecule has 0 aliphatic rings. The van der Waals surface area contributed by atoms with E-state index in [-0.39, 0.29) is 0 Å². The Morgan fingerprint density at radius 1 is 0.654 bits per heavy atom. The quantitative estimate of drug-likeness (QED) is 0.464. The standard InChI is InChI=1S/C24H27NO/c1-2-3-4-5-6-7-23-15-12-22(18-25-23)21-10-8-19(9-11-21)20-13-16-24(26)17-14-20/h8-18,26H,2-7H2,1H3. The second kappa shape index (κ2) is 9.19. The molecule has 1 N–H and O–H groups in total. The molecule has 0 unspecified atom stereocenters. The maximum atomic E-state index is 9.40. The molecule has 0 fully saturated rings. The molecule has 134 valence electrons. The van der Waals surface area contributed by atoms with Gasteiger partial charge in [0.25, 0.3) is 0 Å². The Morgan fingerprint density at radius 2 is 1.19 bits per heavy atom. The zero-order chi connectivity index (χ0) is 18.2. The molecule has 0 saturated heterocycles. The van der Waals surface area contributed by atoms with E-state index in [0.717, 1.165) is 23.1 Å². The molecular formula is C24H27NO. The van der Waals surface area contributed by atoms with Gasteiger partial charge in [0.2, 0.25) is 0 Å². The van der Waals surface area contributed by atoms with Gasteiger partial charge in [-0.05, 0) is 47.7 Å². The first-order chi connectivity index (χ1) is 12.8. The number of benzene rings is 2. The van der Waals surface area contributed by atoms with Gasteiger partial charge >= 0.3 is 0 Å². The molecule has 0 spiro atoms. The maximum Gasteiger partial charge on any atom is 0.115 e. The van der Waals surface area contributed by atoms with Crippen LogP contribution in [0.2, 0.25) is 0 Å². The molecule has 1 heterocycles. The Morgan fingerprint density at radius 3 is 1.77 bits per heavy atom. The van der Waals surface area contributed by atoms with E-state index in [1.807, 2.05) is 18.3 Å². The maximum absolute atomic E-state index is 9.40. The van der Waals surface area contributed by atoms with Crippen LogP contribution >= 0.6 is 0 Å². The van der Waals surface area contributed by atoms with Crippen molar-refractivity contribution in [2.24, 2.45) is 0 Å². The average Bonchev–Trinajstić information content (AvgIpc) is 2.69. The van der Waals surface area contributed by atoms with Crippen molar-refractivity contribution in [3.63, 3.8) is 0 Å². The Balaban J connectivity index is 1.61. The SMILES string of the molecule is CCCCCCCc1ccc(-c2ccc(-c3ccc(O)cc3)cc2)cn1. The lowest BCUT2D eigenvalue weighted by atomic mass is 10.0. The fourth-order valence-electron chi connectivity index (χ4n) is 3.16. The van der Waals surface area contributed by atoms with Gasteiger partial charge < -0.3 is 5.11 Å². The van der Waals surface area contributed by atoms with Gasteiger partial charge in [0.15, 0.2) is 0 Å². The first-order valence-electron chi connectivity index (χ1n) is 9.61. The van der Waals surface area contributed by atoms with Gasteiger partial charge in [-0.1, -0.05) is 75.1 Å². The summed E-state index contributed by atoms with van der Waals surface area (Å²) in [6.45, 7) is 2.25. The van der Waals surface area contributed by atoms with Crippen molar-refractivity contribution in [1.82, 2.24) is 4.98 Å². The van der Waals surface area contributed by atoms with Crippen molar-refractivity contribution >= 4 is 0 Å². The summed E-state index contributed by atoms with van der Waals surface area (Å²) in [5.41, 5.74) is 5.76. The van der Waals surface area contributed by atoms with Crippen LogP contribution in [0.4, 0.5) is 0 Å². The summed E-state index contributed by atoms with van der Waals surface area (Å²) in [6.07, 6.45) is 9.55. The summed E-state index contributed by atoms with van der Waals surface area (Å²) < 4.78 is 0. The zero-order valence-electron chi connectivity index (χ0n) is 15.5. The first kappa shape index (κ1) is 18.2. The Bertz CT molecular complexity index is 789. The van der Waals surface area contributed by atoms with Gasteiger partial charge in [0, 0.05) is 17.5 Å². The number of aryl methyl sites for hydroxylation is 1. The van der Waals surface area contributed by atoms with Crippen LogP contribution in [-0.4, -0.2) is 10.1 Å².